The first-order chi connectivity index (χ1) is 11.8. The fourth-order valence-corrected chi connectivity index (χ4v) is 3.19. The van der Waals surface area contributed by atoms with E-state index in [1.165, 1.54) is 6.07 Å². The van der Waals surface area contributed by atoms with Crippen LogP contribution in [0.3, 0.4) is 0 Å². The zero-order valence-corrected chi connectivity index (χ0v) is 13.8. The Morgan fingerprint density at radius 1 is 1.04 bits per heavy atom. The minimum Gasteiger partial charge on any atom is -0.337 e. The Morgan fingerprint density at radius 3 is 2.28 bits per heavy atom. The fraction of sp³-hybridized carbons (Fsp3) is 0.118. The summed E-state index contributed by atoms with van der Waals surface area (Å²) in [5.41, 5.74) is 1.24. The molecule has 1 aromatic heterocycles. The number of imidazole rings is 1. The van der Waals surface area contributed by atoms with Gasteiger partial charge in [-0.3, -0.25) is 0 Å². The van der Waals surface area contributed by atoms with E-state index < -0.39 is 32.8 Å². The number of aromatic nitrogens is 2. The van der Waals surface area contributed by atoms with E-state index in [1.54, 1.807) is 30.3 Å². The van der Waals surface area contributed by atoms with E-state index in [2.05, 4.69) is 9.97 Å². The van der Waals surface area contributed by atoms with Gasteiger partial charge in [0.05, 0.1) is 11.4 Å². The van der Waals surface area contributed by atoms with Crippen LogP contribution in [-0.4, -0.2) is 24.6 Å². The van der Waals surface area contributed by atoms with Crippen LogP contribution in [0.15, 0.2) is 53.4 Å². The van der Waals surface area contributed by atoms with E-state index in [-0.39, 0.29) is 11.3 Å². The van der Waals surface area contributed by atoms with Crippen LogP contribution in [-0.2, 0) is 9.84 Å². The highest BCUT2D eigenvalue weighted by molar-refractivity contribution is 7.90. The van der Waals surface area contributed by atoms with Gasteiger partial charge in [-0.05, 0) is 12.1 Å². The zero-order valence-electron chi connectivity index (χ0n) is 13.0. The highest BCUT2D eigenvalue weighted by Gasteiger charge is 2.21. The van der Waals surface area contributed by atoms with Gasteiger partial charge >= 0.3 is 0 Å². The number of halogens is 3. The van der Waals surface area contributed by atoms with Gasteiger partial charge in [0, 0.05) is 17.4 Å². The summed E-state index contributed by atoms with van der Waals surface area (Å²) in [6.07, 6.45) is -1.93. The van der Waals surface area contributed by atoms with Crippen molar-refractivity contribution in [2.24, 2.45) is 0 Å². The molecule has 0 saturated carbocycles. The molecule has 8 heteroatoms. The quantitative estimate of drug-likeness (QED) is 0.752. The first-order valence-corrected chi connectivity index (χ1v) is 9.10. The van der Waals surface area contributed by atoms with Crippen molar-refractivity contribution in [3.63, 3.8) is 0 Å². The summed E-state index contributed by atoms with van der Waals surface area (Å²) in [5, 5.41) is 0. The van der Waals surface area contributed by atoms with Crippen molar-refractivity contribution < 1.29 is 21.6 Å². The van der Waals surface area contributed by atoms with Crippen LogP contribution in [0.4, 0.5) is 13.2 Å². The Kier molecular flexibility index (Phi) is 4.38. The van der Waals surface area contributed by atoms with Gasteiger partial charge in [0.15, 0.2) is 15.7 Å². The van der Waals surface area contributed by atoms with Crippen molar-refractivity contribution in [1.29, 1.82) is 0 Å². The lowest BCUT2D eigenvalue weighted by Gasteiger charge is -2.06. The molecule has 3 rings (SSSR count). The van der Waals surface area contributed by atoms with Crippen LogP contribution in [0.5, 0.6) is 0 Å². The van der Waals surface area contributed by atoms with Gasteiger partial charge in [0.25, 0.3) is 6.43 Å². The molecule has 0 aliphatic heterocycles. The average molecular weight is 366 g/mol. The highest BCUT2D eigenvalue weighted by atomic mass is 32.2. The van der Waals surface area contributed by atoms with E-state index in [9.17, 15) is 21.6 Å². The summed E-state index contributed by atoms with van der Waals surface area (Å²) >= 11 is 0. The second kappa shape index (κ2) is 6.36. The molecule has 1 N–H and O–H groups in total. The van der Waals surface area contributed by atoms with Gasteiger partial charge in [-0.1, -0.05) is 36.4 Å². The number of nitrogens with one attached hydrogen (secondary N) is 1. The van der Waals surface area contributed by atoms with E-state index in [0.717, 1.165) is 18.4 Å². The monoisotopic (exact) mass is 366 g/mol. The van der Waals surface area contributed by atoms with Gasteiger partial charge in [-0.25, -0.2) is 26.6 Å². The van der Waals surface area contributed by atoms with Gasteiger partial charge < -0.3 is 4.98 Å². The van der Waals surface area contributed by atoms with Crippen LogP contribution in [0, 0.1) is 5.82 Å². The average Bonchev–Trinajstić information content (AvgIpc) is 3.00. The third-order valence-electron chi connectivity index (χ3n) is 3.60. The summed E-state index contributed by atoms with van der Waals surface area (Å²) in [7, 11) is -3.73. The second-order valence-electron chi connectivity index (χ2n) is 5.43. The molecule has 1 heterocycles. The van der Waals surface area contributed by atoms with Crippen molar-refractivity contribution in [3.05, 3.63) is 60.2 Å². The van der Waals surface area contributed by atoms with Gasteiger partial charge in [-0.15, -0.1) is 0 Å². The largest absolute Gasteiger partial charge is 0.337 e. The predicted molar refractivity (Wildman–Crippen MR) is 87.5 cm³/mol. The molecule has 0 radical (unpaired) electrons. The first kappa shape index (κ1) is 17.2. The van der Waals surface area contributed by atoms with Gasteiger partial charge in [0.2, 0.25) is 0 Å². The molecule has 0 amide bonds. The molecule has 2 aromatic carbocycles. The lowest BCUT2D eigenvalue weighted by atomic mass is 10.1. The molecular weight excluding hydrogens is 353 g/mol. The number of alkyl halides is 2. The molecule has 4 nitrogen and oxygen atoms in total. The maximum atomic E-state index is 14.2. The SMILES string of the molecule is CS(=O)(=O)c1ccc(-c2nc(C(F)F)[nH]c2-c2ccccc2)cc1F. The molecule has 0 unspecified atom stereocenters. The van der Waals surface area contributed by atoms with Crippen LogP contribution in [0.2, 0.25) is 0 Å². The molecule has 0 aliphatic carbocycles. The number of aromatic amines is 1. The van der Waals surface area contributed by atoms with E-state index >= 15 is 0 Å². The fourth-order valence-electron chi connectivity index (χ4n) is 2.47. The number of hydrogen-bond donors (Lipinski definition) is 1. The van der Waals surface area contributed by atoms with E-state index in [0.29, 0.717) is 11.3 Å². The first-order valence-electron chi connectivity index (χ1n) is 7.21. The molecule has 3 aromatic rings. The number of hydrogen-bond acceptors (Lipinski definition) is 3. The Balaban J connectivity index is 2.19. The molecule has 0 fully saturated rings. The predicted octanol–water partition coefficient (Wildman–Crippen LogP) is 4.22. The number of sulfone groups is 1. The number of rotatable bonds is 4. The Hall–Kier alpha value is -2.61. The number of nitrogens with zero attached hydrogens (tertiary/aromatic N) is 1. The normalized spacial score (nSPS) is 11.9. The van der Waals surface area contributed by atoms with Gasteiger partial charge in [0.1, 0.15) is 10.7 Å². The smallest absolute Gasteiger partial charge is 0.295 e. The highest BCUT2D eigenvalue weighted by Crippen LogP contribution is 2.33. The Labute approximate surface area is 142 Å². The molecule has 130 valence electrons. The van der Waals surface area contributed by atoms with Crippen LogP contribution in [0.25, 0.3) is 22.5 Å². The van der Waals surface area contributed by atoms with Crippen LogP contribution >= 0.6 is 0 Å². The van der Waals surface area contributed by atoms with Crippen molar-refractivity contribution in [2.75, 3.05) is 6.26 Å². The molecule has 0 saturated heterocycles. The molecule has 25 heavy (non-hydrogen) atoms. The topological polar surface area (TPSA) is 62.8 Å². The maximum Gasteiger partial charge on any atom is 0.295 e. The minimum atomic E-state index is -3.73. The summed E-state index contributed by atoms with van der Waals surface area (Å²) < 4.78 is 63.3. The number of benzene rings is 2. The summed E-state index contributed by atoms with van der Waals surface area (Å²) in [6, 6.07) is 12.1. The Bertz CT molecular complexity index is 1020. The molecule has 0 bridgehead atoms. The zero-order chi connectivity index (χ0) is 18.2. The molecular formula is C17H13F3N2O2S. The minimum absolute atomic E-state index is 0.125. The van der Waals surface area contributed by atoms with E-state index in [4.69, 9.17) is 0 Å². The van der Waals surface area contributed by atoms with Crippen molar-refractivity contribution in [2.45, 2.75) is 11.3 Å². The third kappa shape index (κ3) is 3.43. The number of H-pyrrole nitrogens is 1. The van der Waals surface area contributed by atoms with Gasteiger partial charge in [-0.2, -0.15) is 0 Å². The van der Waals surface area contributed by atoms with Crippen molar-refractivity contribution >= 4 is 9.84 Å². The third-order valence-corrected chi connectivity index (χ3v) is 4.73. The molecule has 0 atom stereocenters. The van der Waals surface area contributed by atoms with E-state index in [1.807, 2.05) is 0 Å². The standard InChI is InChI=1S/C17H13F3N2O2S/c1-25(23,24)13-8-7-11(9-12(13)18)15-14(10-5-3-2-4-6-10)21-17(22-15)16(19)20/h2-9,16H,1H3,(H,21,22). The lowest BCUT2D eigenvalue weighted by molar-refractivity contribution is 0.141. The van der Waals surface area contributed by atoms with Crippen LogP contribution < -0.4 is 0 Å². The summed E-state index contributed by atoms with van der Waals surface area (Å²) in [6.45, 7) is 0. The van der Waals surface area contributed by atoms with Crippen LogP contribution in [0.1, 0.15) is 12.2 Å². The van der Waals surface area contributed by atoms with Crippen molar-refractivity contribution in [3.8, 4) is 22.5 Å². The summed E-state index contributed by atoms with van der Waals surface area (Å²) in [4.78, 5) is 5.97. The lowest BCUT2D eigenvalue weighted by Crippen LogP contribution is -2.00. The Morgan fingerprint density at radius 2 is 1.72 bits per heavy atom. The molecule has 0 spiro atoms. The maximum absolute atomic E-state index is 14.2. The molecule has 0 aliphatic rings. The summed E-state index contributed by atoms with van der Waals surface area (Å²) in [5.74, 6) is -1.50. The second-order valence-corrected chi connectivity index (χ2v) is 7.41. The van der Waals surface area contributed by atoms with Crippen molar-refractivity contribution in [1.82, 2.24) is 9.97 Å².